The summed E-state index contributed by atoms with van der Waals surface area (Å²) in [6.07, 6.45) is 1.68. The van der Waals surface area contributed by atoms with Crippen molar-refractivity contribution in [2.75, 3.05) is 6.54 Å². The summed E-state index contributed by atoms with van der Waals surface area (Å²) in [6.45, 7) is 4.93. The third-order valence-corrected chi connectivity index (χ3v) is 3.44. The highest BCUT2D eigenvalue weighted by Crippen LogP contribution is 2.30. The summed E-state index contributed by atoms with van der Waals surface area (Å²) >= 11 is 0. The Morgan fingerprint density at radius 3 is 2.45 bits per heavy atom. The molecule has 1 N–H and O–H groups in total. The largest absolute Gasteiger partial charge is 0.416 e. The number of hydrogen-bond donors (Lipinski definition) is 1. The Labute approximate surface area is 119 Å². The highest BCUT2D eigenvalue weighted by molar-refractivity contribution is 5.27. The lowest BCUT2D eigenvalue weighted by Gasteiger charge is -2.16. The number of benzene rings is 1. The van der Waals surface area contributed by atoms with Crippen LogP contribution in [0, 0.1) is 0 Å². The lowest BCUT2D eigenvalue weighted by atomic mass is 10.0. The highest BCUT2D eigenvalue weighted by Gasteiger charge is 2.30. The van der Waals surface area contributed by atoms with Crippen molar-refractivity contribution in [3.63, 3.8) is 0 Å². The van der Waals surface area contributed by atoms with E-state index in [9.17, 15) is 13.2 Å². The molecule has 0 saturated heterocycles. The Balaban J connectivity index is 2.41. The zero-order chi connectivity index (χ0) is 15.0. The van der Waals surface area contributed by atoms with E-state index in [-0.39, 0.29) is 6.04 Å². The van der Waals surface area contributed by atoms with Gasteiger partial charge in [0.15, 0.2) is 0 Å². The Morgan fingerprint density at radius 1 is 1.10 bits per heavy atom. The Kier molecular flexibility index (Phi) is 7.06. The van der Waals surface area contributed by atoms with Crippen molar-refractivity contribution < 1.29 is 13.2 Å². The van der Waals surface area contributed by atoms with E-state index in [1.54, 1.807) is 6.07 Å². The lowest BCUT2D eigenvalue weighted by Crippen LogP contribution is -2.20. The van der Waals surface area contributed by atoms with E-state index in [4.69, 9.17) is 0 Å². The first kappa shape index (κ1) is 17.0. The molecule has 0 aliphatic carbocycles. The molecule has 1 unspecified atom stereocenters. The van der Waals surface area contributed by atoms with Gasteiger partial charge in [-0.05, 0) is 37.6 Å². The minimum absolute atomic E-state index is 0.0523. The van der Waals surface area contributed by atoms with Crippen LogP contribution < -0.4 is 5.32 Å². The van der Waals surface area contributed by atoms with E-state index in [0.29, 0.717) is 5.56 Å². The summed E-state index contributed by atoms with van der Waals surface area (Å²) in [6, 6.07) is 5.50. The summed E-state index contributed by atoms with van der Waals surface area (Å²) in [5.74, 6) is 0. The van der Waals surface area contributed by atoms with Crippen molar-refractivity contribution in [2.24, 2.45) is 0 Å². The first-order valence-electron chi connectivity index (χ1n) is 7.35. The number of halogens is 3. The molecule has 1 atom stereocenters. The maximum absolute atomic E-state index is 12.6. The normalized spacial score (nSPS) is 13.4. The second-order valence-corrected chi connectivity index (χ2v) is 5.21. The summed E-state index contributed by atoms with van der Waals surface area (Å²) in [5.41, 5.74) is 0.111. The molecule has 1 nitrogen and oxygen atoms in total. The molecule has 0 heterocycles. The molecule has 0 spiro atoms. The van der Waals surface area contributed by atoms with Crippen LogP contribution in [0.5, 0.6) is 0 Å². The van der Waals surface area contributed by atoms with Gasteiger partial charge in [0.05, 0.1) is 5.56 Å². The number of rotatable bonds is 8. The first-order valence-corrected chi connectivity index (χ1v) is 7.35. The standard InChI is InChI=1S/C16H24F3N/c1-3-4-5-6-7-11-20-13(2)14-9-8-10-15(12-14)16(17,18)19/h8-10,12-13,20H,3-7,11H2,1-2H3. The maximum atomic E-state index is 12.6. The maximum Gasteiger partial charge on any atom is 0.416 e. The quantitative estimate of drug-likeness (QED) is 0.637. The van der Waals surface area contributed by atoms with Gasteiger partial charge in [-0.3, -0.25) is 0 Å². The molecule has 0 saturated carbocycles. The molecule has 1 aromatic rings. The van der Waals surface area contributed by atoms with Crippen molar-refractivity contribution in [1.29, 1.82) is 0 Å². The average Bonchev–Trinajstić information content (AvgIpc) is 2.41. The zero-order valence-electron chi connectivity index (χ0n) is 12.3. The molecule has 4 heteroatoms. The second kappa shape index (κ2) is 8.30. The third kappa shape index (κ3) is 5.95. The van der Waals surface area contributed by atoms with Crippen LogP contribution in [-0.2, 0) is 6.18 Å². The van der Waals surface area contributed by atoms with Gasteiger partial charge in [0.2, 0.25) is 0 Å². The lowest BCUT2D eigenvalue weighted by molar-refractivity contribution is -0.137. The van der Waals surface area contributed by atoms with Crippen LogP contribution in [0.4, 0.5) is 13.2 Å². The summed E-state index contributed by atoms with van der Waals surface area (Å²) in [4.78, 5) is 0. The average molecular weight is 287 g/mol. The van der Waals surface area contributed by atoms with Crippen molar-refractivity contribution >= 4 is 0 Å². The topological polar surface area (TPSA) is 12.0 Å². The van der Waals surface area contributed by atoms with Gasteiger partial charge in [-0.15, -0.1) is 0 Å². The molecule has 0 aliphatic rings. The van der Waals surface area contributed by atoms with Gasteiger partial charge in [-0.25, -0.2) is 0 Å². The molecule has 1 aromatic carbocycles. The van der Waals surface area contributed by atoms with Crippen LogP contribution in [0.25, 0.3) is 0 Å². The van der Waals surface area contributed by atoms with Gasteiger partial charge in [-0.2, -0.15) is 13.2 Å². The van der Waals surface area contributed by atoms with Gasteiger partial charge in [0.25, 0.3) is 0 Å². The number of hydrogen-bond acceptors (Lipinski definition) is 1. The fourth-order valence-corrected chi connectivity index (χ4v) is 2.15. The SMILES string of the molecule is CCCCCCCNC(C)c1cccc(C(F)(F)F)c1. The Hall–Kier alpha value is -1.03. The van der Waals surface area contributed by atoms with Crippen LogP contribution in [0.2, 0.25) is 0 Å². The fraction of sp³-hybridized carbons (Fsp3) is 0.625. The minimum atomic E-state index is -4.27. The second-order valence-electron chi connectivity index (χ2n) is 5.21. The molecule has 0 amide bonds. The van der Waals surface area contributed by atoms with Gasteiger partial charge < -0.3 is 5.32 Å². The van der Waals surface area contributed by atoms with E-state index in [2.05, 4.69) is 12.2 Å². The molecular weight excluding hydrogens is 263 g/mol. The summed E-state index contributed by atoms with van der Waals surface area (Å²) < 4.78 is 37.9. The smallest absolute Gasteiger partial charge is 0.310 e. The van der Waals surface area contributed by atoms with Gasteiger partial charge in [-0.1, -0.05) is 44.7 Å². The molecule has 20 heavy (non-hydrogen) atoms. The monoisotopic (exact) mass is 287 g/mol. The Bertz CT molecular complexity index is 388. The van der Waals surface area contributed by atoms with Crippen molar-refractivity contribution in [1.82, 2.24) is 5.32 Å². The molecule has 0 aliphatic heterocycles. The van der Waals surface area contributed by atoms with E-state index < -0.39 is 11.7 Å². The van der Waals surface area contributed by atoms with Gasteiger partial charge >= 0.3 is 6.18 Å². The first-order chi connectivity index (χ1) is 9.45. The number of nitrogens with one attached hydrogen (secondary N) is 1. The van der Waals surface area contributed by atoms with Crippen LogP contribution in [0.1, 0.15) is 63.1 Å². The van der Waals surface area contributed by atoms with E-state index >= 15 is 0 Å². The third-order valence-electron chi connectivity index (χ3n) is 3.44. The molecule has 0 bridgehead atoms. The van der Waals surface area contributed by atoms with Crippen LogP contribution in [0.3, 0.4) is 0 Å². The highest BCUT2D eigenvalue weighted by atomic mass is 19.4. The van der Waals surface area contributed by atoms with Crippen LogP contribution in [-0.4, -0.2) is 6.54 Å². The molecule has 0 aromatic heterocycles. The molecule has 1 rings (SSSR count). The van der Waals surface area contributed by atoms with Crippen LogP contribution >= 0.6 is 0 Å². The number of unbranched alkanes of at least 4 members (excludes halogenated alkanes) is 4. The Morgan fingerprint density at radius 2 is 1.80 bits per heavy atom. The van der Waals surface area contributed by atoms with Gasteiger partial charge in [0, 0.05) is 6.04 Å². The molecule has 0 fully saturated rings. The van der Waals surface area contributed by atoms with E-state index in [1.807, 2.05) is 6.92 Å². The van der Waals surface area contributed by atoms with Gasteiger partial charge in [0.1, 0.15) is 0 Å². The minimum Gasteiger partial charge on any atom is -0.310 e. The van der Waals surface area contributed by atoms with Crippen molar-refractivity contribution in [3.05, 3.63) is 35.4 Å². The summed E-state index contributed by atoms with van der Waals surface area (Å²) in [5, 5.41) is 3.29. The van der Waals surface area contributed by atoms with Crippen molar-refractivity contribution in [3.8, 4) is 0 Å². The van der Waals surface area contributed by atoms with Crippen molar-refractivity contribution in [2.45, 2.75) is 58.2 Å². The zero-order valence-corrected chi connectivity index (χ0v) is 12.3. The van der Waals surface area contributed by atoms with E-state index in [1.165, 1.54) is 37.8 Å². The number of alkyl halides is 3. The van der Waals surface area contributed by atoms with E-state index in [0.717, 1.165) is 19.0 Å². The molecule has 114 valence electrons. The summed E-state index contributed by atoms with van der Waals surface area (Å²) in [7, 11) is 0. The van der Waals surface area contributed by atoms with Crippen LogP contribution in [0.15, 0.2) is 24.3 Å². The molecular formula is C16H24F3N. The molecule has 0 radical (unpaired) electrons. The fourth-order valence-electron chi connectivity index (χ4n) is 2.15. The predicted octanol–water partition coefficient (Wildman–Crippen LogP) is 5.33. The predicted molar refractivity (Wildman–Crippen MR) is 76.6 cm³/mol.